The number of nitrogens with zero attached hydrogens (tertiary/aromatic N) is 5. The summed E-state index contributed by atoms with van der Waals surface area (Å²) >= 11 is 0. The minimum atomic E-state index is -0.412. The number of rotatable bonds is 8. The molecule has 0 radical (unpaired) electrons. The van der Waals surface area contributed by atoms with Gasteiger partial charge in [0.1, 0.15) is 6.04 Å². The van der Waals surface area contributed by atoms with Crippen LogP contribution in [0.4, 0.5) is 0 Å². The highest BCUT2D eigenvalue weighted by Crippen LogP contribution is 2.29. The van der Waals surface area contributed by atoms with Gasteiger partial charge in [0.15, 0.2) is 5.82 Å². The Morgan fingerprint density at radius 1 is 1.20 bits per heavy atom. The molecule has 35 heavy (non-hydrogen) atoms. The molecule has 182 valence electrons. The van der Waals surface area contributed by atoms with Crippen molar-refractivity contribution in [2.45, 2.75) is 58.8 Å². The third-order valence-electron chi connectivity index (χ3n) is 6.82. The van der Waals surface area contributed by atoms with Crippen LogP contribution in [0, 0.1) is 13.8 Å². The normalized spacial score (nSPS) is 16.9. The van der Waals surface area contributed by atoms with Crippen molar-refractivity contribution in [2.24, 2.45) is 0 Å². The first-order chi connectivity index (χ1) is 17.0. The molecule has 5 rings (SSSR count). The van der Waals surface area contributed by atoms with E-state index in [1.807, 2.05) is 35.9 Å². The molecule has 0 saturated carbocycles. The summed E-state index contributed by atoms with van der Waals surface area (Å²) in [7, 11) is 0. The van der Waals surface area contributed by atoms with Crippen LogP contribution in [0.2, 0.25) is 0 Å². The van der Waals surface area contributed by atoms with E-state index >= 15 is 0 Å². The quantitative estimate of drug-likeness (QED) is 0.418. The Hall–Kier alpha value is -3.36. The average Bonchev–Trinajstić information content (AvgIpc) is 3.53. The van der Waals surface area contributed by atoms with Gasteiger partial charge in [0.2, 0.25) is 0 Å². The second-order valence-electron chi connectivity index (χ2n) is 9.41. The second-order valence-corrected chi connectivity index (χ2v) is 9.41. The molecule has 1 aliphatic rings. The molecule has 2 atom stereocenters. The SMILES string of the molecule is CCN(Cc1ccccc1)[C@@H](c1cc2cc(C)cc(C)c2[nH]c1=O)c1nnnn1C[C@@H]1CCCO1. The summed E-state index contributed by atoms with van der Waals surface area (Å²) in [4.78, 5) is 19.0. The van der Waals surface area contributed by atoms with Crippen LogP contribution in [0.25, 0.3) is 10.9 Å². The summed E-state index contributed by atoms with van der Waals surface area (Å²) in [5, 5.41) is 13.8. The highest BCUT2D eigenvalue weighted by Gasteiger charge is 2.31. The largest absolute Gasteiger partial charge is 0.376 e. The molecule has 1 aliphatic heterocycles. The van der Waals surface area contributed by atoms with Gasteiger partial charge in [-0.05, 0) is 72.3 Å². The van der Waals surface area contributed by atoms with Crippen molar-refractivity contribution in [1.29, 1.82) is 0 Å². The van der Waals surface area contributed by atoms with Crippen molar-refractivity contribution < 1.29 is 4.74 Å². The maximum Gasteiger partial charge on any atom is 0.253 e. The van der Waals surface area contributed by atoms with Crippen LogP contribution in [0.1, 0.15) is 53.9 Å². The molecule has 1 N–H and O–H groups in total. The Kier molecular flexibility index (Phi) is 6.74. The number of benzene rings is 2. The number of fused-ring (bicyclic) bond motifs is 1. The standard InChI is InChI=1S/C27H32N6O2/c1-4-32(16-20-9-6-5-7-10-20)25(26-29-30-31-33(26)17-22-11-8-12-35-22)23-15-21-14-18(2)13-19(3)24(21)28-27(23)34/h5-7,9-10,13-15,22,25H,4,8,11-12,16-17H2,1-3H3,(H,28,34)/t22-,25-/m0/s1. The number of hydrogen-bond donors (Lipinski definition) is 1. The van der Waals surface area contributed by atoms with Crippen molar-refractivity contribution in [3.63, 3.8) is 0 Å². The smallest absolute Gasteiger partial charge is 0.253 e. The Labute approximate surface area is 204 Å². The number of pyridine rings is 1. The Bertz CT molecular complexity index is 1360. The third-order valence-corrected chi connectivity index (χ3v) is 6.82. The lowest BCUT2D eigenvalue weighted by Crippen LogP contribution is -2.35. The molecule has 0 amide bonds. The fourth-order valence-electron chi connectivity index (χ4n) is 5.13. The molecular formula is C27H32N6O2. The van der Waals surface area contributed by atoms with Gasteiger partial charge in [-0.15, -0.1) is 5.10 Å². The molecule has 0 bridgehead atoms. The van der Waals surface area contributed by atoms with Gasteiger partial charge < -0.3 is 9.72 Å². The van der Waals surface area contributed by atoms with Gasteiger partial charge in [-0.25, -0.2) is 4.68 Å². The average molecular weight is 473 g/mol. The molecule has 0 unspecified atom stereocenters. The van der Waals surface area contributed by atoms with Crippen LogP contribution in [0.3, 0.4) is 0 Å². The Balaban J connectivity index is 1.64. The lowest BCUT2D eigenvalue weighted by atomic mass is 10.00. The first-order valence-corrected chi connectivity index (χ1v) is 12.3. The van der Waals surface area contributed by atoms with Crippen LogP contribution >= 0.6 is 0 Å². The van der Waals surface area contributed by atoms with E-state index in [0.717, 1.165) is 48.0 Å². The van der Waals surface area contributed by atoms with E-state index in [1.165, 1.54) is 5.56 Å². The lowest BCUT2D eigenvalue weighted by Gasteiger charge is -2.30. The monoisotopic (exact) mass is 472 g/mol. The molecule has 3 heterocycles. The molecule has 2 aromatic heterocycles. The highest BCUT2D eigenvalue weighted by molar-refractivity contribution is 5.83. The Morgan fingerprint density at radius 2 is 2.03 bits per heavy atom. The van der Waals surface area contributed by atoms with Crippen LogP contribution in [-0.4, -0.2) is 49.3 Å². The van der Waals surface area contributed by atoms with Crippen molar-refractivity contribution in [3.8, 4) is 0 Å². The highest BCUT2D eigenvalue weighted by atomic mass is 16.5. The van der Waals surface area contributed by atoms with Crippen LogP contribution in [-0.2, 0) is 17.8 Å². The van der Waals surface area contributed by atoms with Gasteiger partial charge in [0.05, 0.1) is 18.2 Å². The molecule has 1 saturated heterocycles. The van der Waals surface area contributed by atoms with E-state index in [-0.39, 0.29) is 11.7 Å². The number of hydrogen-bond acceptors (Lipinski definition) is 6. The summed E-state index contributed by atoms with van der Waals surface area (Å²) < 4.78 is 7.68. The summed E-state index contributed by atoms with van der Waals surface area (Å²) in [6.45, 7) is 8.93. The first kappa shape index (κ1) is 23.4. The van der Waals surface area contributed by atoms with Gasteiger partial charge in [-0.3, -0.25) is 9.69 Å². The maximum atomic E-state index is 13.6. The van der Waals surface area contributed by atoms with E-state index in [1.54, 1.807) is 0 Å². The molecule has 4 aromatic rings. The second kappa shape index (κ2) is 10.1. The van der Waals surface area contributed by atoms with Crippen LogP contribution < -0.4 is 5.56 Å². The number of ether oxygens (including phenoxy) is 1. The zero-order chi connectivity index (χ0) is 24.4. The minimum absolute atomic E-state index is 0.0855. The van der Waals surface area contributed by atoms with E-state index in [2.05, 4.69) is 63.5 Å². The Morgan fingerprint density at radius 3 is 2.77 bits per heavy atom. The number of aryl methyl sites for hydroxylation is 2. The van der Waals surface area contributed by atoms with Gasteiger partial charge in [0.25, 0.3) is 5.56 Å². The molecule has 8 heteroatoms. The first-order valence-electron chi connectivity index (χ1n) is 12.3. The lowest BCUT2D eigenvalue weighted by molar-refractivity contribution is 0.0907. The van der Waals surface area contributed by atoms with Crippen molar-refractivity contribution in [2.75, 3.05) is 13.2 Å². The topological polar surface area (TPSA) is 88.9 Å². The predicted octanol–water partition coefficient (Wildman–Crippen LogP) is 3.92. The molecule has 2 aromatic carbocycles. The van der Waals surface area contributed by atoms with E-state index in [9.17, 15) is 4.79 Å². The van der Waals surface area contributed by atoms with Gasteiger partial charge in [-0.1, -0.05) is 48.9 Å². The number of nitrogens with one attached hydrogen (secondary N) is 1. The summed E-state index contributed by atoms with van der Waals surface area (Å²) in [5.41, 5.74) is 4.77. The van der Waals surface area contributed by atoms with E-state index < -0.39 is 6.04 Å². The van der Waals surface area contributed by atoms with Crippen LogP contribution in [0.15, 0.2) is 53.3 Å². The zero-order valence-electron chi connectivity index (χ0n) is 20.6. The molecular weight excluding hydrogens is 440 g/mol. The fourth-order valence-corrected chi connectivity index (χ4v) is 5.13. The number of aromatic amines is 1. The van der Waals surface area contributed by atoms with Crippen molar-refractivity contribution >= 4 is 10.9 Å². The molecule has 0 spiro atoms. The number of aromatic nitrogens is 5. The zero-order valence-corrected chi connectivity index (χ0v) is 20.6. The number of tetrazole rings is 1. The fraction of sp³-hybridized carbons (Fsp3) is 0.407. The van der Waals surface area contributed by atoms with Crippen molar-refractivity contribution in [1.82, 2.24) is 30.1 Å². The predicted molar refractivity (Wildman–Crippen MR) is 135 cm³/mol. The molecule has 8 nitrogen and oxygen atoms in total. The van der Waals surface area contributed by atoms with E-state index in [0.29, 0.717) is 24.5 Å². The minimum Gasteiger partial charge on any atom is -0.376 e. The van der Waals surface area contributed by atoms with Gasteiger partial charge in [0, 0.05) is 18.7 Å². The van der Waals surface area contributed by atoms with Gasteiger partial charge >= 0.3 is 0 Å². The third kappa shape index (κ3) is 4.90. The van der Waals surface area contributed by atoms with Crippen molar-refractivity contribution in [3.05, 3.63) is 87.0 Å². The molecule has 0 aliphatic carbocycles. The summed E-state index contributed by atoms with van der Waals surface area (Å²) in [5.74, 6) is 0.660. The van der Waals surface area contributed by atoms with E-state index in [4.69, 9.17) is 4.74 Å². The maximum absolute atomic E-state index is 13.6. The number of H-pyrrole nitrogens is 1. The van der Waals surface area contributed by atoms with Crippen LogP contribution in [0.5, 0.6) is 0 Å². The summed E-state index contributed by atoms with van der Waals surface area (Å²) in [6.07, 6.45) is 2.12. The van der Waals surface area contributed by atoms with Gasteiger partial charge in [-0.2, -0.15) is 0 Å². The summed E-state index contributed by atoms with van der Waals surface area (Å²) in [6, 6.07) is 16.1. The molecule has 1 fully saturated rings.